The lowest BCUT2D eigenvalue weighted by Gasteiger charge is -2.11. The van der Waals surface area contributed by atoms with E-state index in [-0.39, 0.29) is 0 Å². The van der Waals surface area contributed by atoms with Gasteiger partial charge in [-0.15, -0.1) is 0 Å². The molecule has 1 aromatic heterocycles. The molecule has 0 spiro atoms. The third-order valence-electron chi connectivity index (χ3n) is 3.66. The van der Waals surface area contributed by atoms with Crippen molar-refractivity contribution in [3.05, 3.63) is 46.8 Å². The molecule has 1 amide bonds. The highest BCUT2D eigenvalue weighted by atomic mass is 32.1. The Bertz CT molecular complexity index is 770. The minimum atomic E-state index is -0.419. The molecule has 6 heteroatoms. The zero-order valence-corrected chi connectivity index (χ0v) is 13.2. The smallest absolute Gasteiger partial charge is 0.248 e. The molecule has 1 atom stereocenters. The maximum absolute atomic E-state index is 11.1. The van der Waals surface area contributed by atoms with Crippen molar-refractivity contribution in [2.24, 2.45) is 17.8 Å². The molecule has 5 nitrogen and oxygen atoms in total. The van der Waals surface area contributed by atoms with Crippen LogP contribution in [0.25, 0.3) is 10.6 Å². The van der Waals surface area contributed by atoms with Crippen molar-refractivity contribution in [2.75, 3.05) is 0 Å². The molecule has 114 valence electrons. The number of primary amides is 1. The molecule has 2 N–H and O–H groups in total. The second-order valence-corrected chi connectivity index (χ2v) is 6.28. The minimum absolute atomic E-state index is 0.349. The van der Waals surface area contributed by atoms with E-state index in [1.54, 1.807) is 23.5 Å². The fourth-order valence-electron chi connectivity index (χ4n) is 2.41. The predicted octanol–water partition coefficient (Wildman–Crippen LogP) is 2.26. The summed E-state index contributed by atoms with van der Waals surface area (Å²) in [6.07, 6.45) is 7.60. The highest BCUT2D eigenvalue weighted by Gasteiger charge is 2.10. The third kappa shape index (κ3) is 3.17. The number of hydrogen-bond donors (Lipinski definition) is 1. The van der Waals surface area contributed by atoms with Gasteiger partial charge in [-0.2, -0.15) is 5.10 Å². The zero-order valence-electron chi connectivity index (χ0n) is 12.4. The molecular weight excluding hydrogens is 296 g/mol. The van der Waals surface area contributed by atoms with Gasteiger partial charge in [0.1, 0.15) is 5.01 Å². The molecule has 1 heterocycles. The molecule has 3 rings (SSSR count). The largest absolute Gasteiger partial charge is 0.366 e. The SMILES string of the molecule is Cn1nc(-c2ccc(C(N)=O)cc2)sc1=NC1CC=CCC1. The molecule has 0 saturated heterocycles. The van der Waals surface area contributed by atoms with Gasteiger partial charge < -0.3 is 5.73 Å². The molecule has 1 aliphatic carbocycles. The Morgan fingerprint density at radius 1 is 1.36 bits per heavy atom. The first-order valence-corrected chi connectivity index (χ1v) is 8.08. The summed E-state index contributed by atoms with van der Waals surface area (Å²) in [6, 6.07) is 7.53. The number of hydrogen-bond acceptors (Lipinski definition) is 4. The number of nitrogens with zero attached hydrogens (tertiary/aromatic N) is 3. The summed E-state index contributed by atoms with van der Waals surface area (Å²) >= 11 is 1.57. The summed E-state index contributed by atoms with van der Waals surface area (Å²) in [5.41, 5.74) is 6.73. The molecule has 1 aliphatic rings. The monoisotopic (exact) mass is 314 g/mol. The molecule has 22 heavy (non-hydrogen) atoms. The number of allylic oxidation sites excluding steroid dienone is 1. The van der Waals surface area contributed by atoms with E-state index in [0.29, 0.717) is 11.6 Å². The van der Waals surface area contributed by atoms with Crippen LogP contribution >= 0.6 is 11.3 Å². The number of carbonyl (C=O) groups is 1. The van der Waals surface area contributed by atoms with Gasteiger partial charge in [0.05, 0.1) is 6.04 Å². The summed E-state index contributed by atoms with van der Waals surface area (Å²) < 4.78 is 1.82. The van der Waals surface area contributed by atoms with Crippen LogP contribution in [0.4, 0.5) is 0 Å². The van der Waals surface area contributed by atoms with E-state index in [2.05, 4.69) is 17.3 Å². The number of amides is 1. The van der Waals surface area contributed by atoms with E-state index in [0.717, 1.165) is 34.6 Å². The average molecular weight is 314 g/mol. The second kappa shape index (κ2) is 6.27. The lowest BCUT2D eigenvalue weighted by molar-refractivity contribution is 0.100. The number of rotatable bonds is 3. The van der Waals surface area contributed by atoms with Crippen LogP contribution in [0.5, 0.6) is 0 Å². The van der Waals surface area contributed by atoms with E-state index < -0.39 is 5.91 Å². The maximum atomic E-state index is 11.1. The van der Waals surface area contributed by atoms with E-state index in [1.807, 2.05) is 23.9 Å². The van der Waals surface area contributed by atoms with E-state index >= 15 is 0 Å². The van der Waals surface area contributed by atoms with Crippen LogP contribution < -0.4 is 10.5 Å². The molecule has 0 bridgehead atoms. The maximum Gasteiger partial charge on any atom is 0.248 e. The Labute approximate surface area is 132 Å². The summed E-state index contributed by atoms with van der Waals surface area (Å²) in [5.74, 6) is -0.419. The van der Waals surface area contributed by atoms with Crippen molar-refractivity contribution in [3.63, 3.8) is 0 Å². The summed E-state index contributed by atoms with van der Waals surface area (Å²) in [4.78, 5) is 16.8. The molecule has 1 unspecified atom stereocenters. The fraction of sp³-hybridized carbons (Fsp3) is 0.312. The van der Waals surface area contributed by atoms with Crippen LogP contribution in [0, 0.1) is 0 Å². The minimum Gasteiger partial charge on any atom is -0.366 e. The normalized spacial score (nSPS) is 18.6. The second-order valence-electron chi connectivity index (χ2n) is 5.32. The van der Waals surface area contributed by atoms with Gasteiger partial charge in [-0.25, -0.2) is 4.68 Å². The first-order valence-electron chi connectivity index (χ1n) is 7.26. The van der Waals surface area contributed by atoms with Crippen molar-refractivity contribution >= 4 is 17.2 Å². The summed E-state index contributed by atoms with van der Waals surface area (Å²) in [5, 5.41) is 5.42. The number of benzene rings is 1. The van der Waals surface area contributed by atoms with E-state index in [1.165, 1.54) is 0 Å². The van der Waals surface area contributed by atoms with Crippen LogP contribution in [-0.2, 0) is 7.05 Å². The van der Waals surface area contributed by atoms with Crippen LogP contribution in [0.3, 0.4) is 0 Å². The van der Waals surface area contributed by atoms with Gasteiger partial charge in [-0.05, 0) is 31.4 Å². The highest BCUT2D eigenvalue weighted by Crippen LogP contribution is 2.20. The van der Waals surface area contributed by atoms with Gasteiger partial charge in [0, 0.05) is 18.2 Å². The zero-order chi connectivity index (χ0) is 15.5. The highest BCUT2D eigenvalue weighted by molar-refractivity contribution is 7.12. The van der Waals surface area contributed by atoms with Crippen LogP contribution in [0.15, 0.2) is 41.4 Å². The van der Waals surface area contributed by atoms with Crippen molar-refractivity contribution in [1.82, 2.24) is 9.78 Å². The number of aryl methyl sites for hydroxylation is 1. The molecular formula is C16H18N4OS. The standard InChI is InChI=1S/C16H18N4OS/c1-20-16(18-13-5-3-2-4-6-13)22-15(19-20)12-9-7-11(8-10-12)14(17)21/h2-3,7-10,13H,4-6H2,1H3,(H2,17,21). The topological polar surface area (TPSA) is 73.3 Å². The van der Waals surface area contributed by atoms with Crippen LogP contribution in [0.2, 0.25) is 0 Å². The number of nitrogens with two attached hydrogens (primary N) is 1. The predicted molar refractivity (Wildman–Crippen MR) is 87.4 cm³/mol. The summed E-state index contributed by atoms with van der Waals surface area (Å²) in [6.45, 7) is 0. The lowest BCUT2D eigenvalue weighted by Crippen LogP contribution is -2.17. The number of aromatic nitrogens is 2. The van der Waals surface area contributed by atoms with Crippen LogP contribution in [0.1, 0.15) is 29.6 Å². The van der Waals surface area contributed by atoms with Crippen molar-refractivity contribution in [2.45, 2.75) is 25.3 Å². The first kappa shape index (κ1) is 14.7. The molecule has 0 saturated carbocycles. The van der Waals surface area contributed by atoms with Gasteiger partial charge in [-0.1, -0.05) is 35.6 Å². The van der Waals surface area contributed by atoms with Crippen LogP contribution in [-0.4, -0.2) is 21.7 Å². The fourth-order valence-corrected chi connectivity index (χ4v) is 3.37. The molecule has 1 aromatic carbocycles. The first-order chi connectivity index (χ1) is 10.6. The van der Waals surface area contributed by atoms with E-state index in [9.17, 15) is 4.79 Å². The molecule has 0 aliphatic heterocycles. The third-order valence-corrected chi connectivity index (χ3v) is 4.72. The van der Waals surface area contributed by atoms with Crippen molar-refractivity contribution < 1.29 is 4.79 Å². The molecule has 2 aromatic rings. The summed E-state index contributed by atoms with van der Waals surface area (Å²) in [7, 11) is 1.91. The Balaban J connectivity index is 1.89. The van der Waals surface area contributed by atoms with Gasteiger partial charge >= 0.3 is 0 Å². The van der Waals surface area contributed by atoms with Gasteiger partial charge in [0.2, 0.25) is 10.7 Å². The quantitative estimate of drug-likeness (QED) is 0.883. The lowest BCUT2D eigenvalue weighted by atomic mass is 10.0. The van der Waals surface area contributed by atoms with Gasteiger partial charge in [0.15, 0.2) is 0 Å². The number of carbonyl (C=O) groups excluding carboxylic acids is 1. The van der Waals surface area contributed by atoms with E-state index in [4.69, 9.17) is 10.7 Å². The molecule has 0 radical (unpaired) electrons. The Kier molecular flexibility index (Phi) is 4.20. The van der Waals surface area contributed by atoms with Crippen molar-refractivity contribution in [1.29, 1.82) is 0 Å². The van der Waals surface area contributed by atoms with Gasteiger partial charge in [-0.3, -0.25) is 9.79 Å². The Hall–Kier alpha value is -2.21. The Morgan fingerprint density at radius 2 is 2.14 bits per heavy atom. The Morgan fingerprint density at radius 3 is 2.77 bits per heavy atom. The van der Waals surface area contributed by atoms with Crippen molar-refractivity contribution in [3.8, 4) is 10.6 Å². The average Bonchev–Trinajstić information content (AvgIpc) is 2.89. The molecule has 0 fully saturated rings. The van der Waals surface area contributed by atoms with Gasteiger partial charge in [0.25, 0.3) is 0 Å².